The molecule has 11 heteroatoms. The summed E-state index contributed by atoms with van der Waals surface area (Å²) in [5.74, 6) is 0.204. The molecule has 0 aromatic carbocycles. The molecule has 3 rings (SSSR count). The third-order valence-corrected chi connectivity index (χ3v) is 4.31. The molecule has 114 valence electrons. The van der Waals surface area contributed by atoms with Crippen molar-refractivity contribution in [2.75, 3.05) is 12.3 Å². The normalized spacial score (nSPS) is 29.4. The van der Waals surface area contributed by atoms with Gasteiger partial charge in [0.1, 0.15) is 18.3 Å². The van der Waals surface area contributed by atoms with Crippen molar-refractivity contribution >= 4 is 55.5 Å². The molecule has 1 aliphatic rings. The first-order chi connectivity index (χ1) is 9.93. The van der Waals surface area contributed by atoms with Crippen LogP contribution >= 0.6 is 38.5 Å². The maximum absolute atomic E-state index is 10.1. The number of anilines is 1. The second-order valence-corrected chi connectivity index (χ2v) is 6.20. The van der Waals surface area contributed by atoms with Gasteiger partial charge in [0.25, 0.3) is 0 Å². The van der Waals surface area contributed by atoms with Crippen LogP contribution in [0.1, 0.15) is 6.23 Å². The van der Waals surface area contributed by atoms with Gasteiger partial charge in [0.2, 0.25) is 0 Å². The smallest absolute Gasteiger partial charge is 0.194 e. The highest BCUT2D eigenvalue weighted by Crippen LogP contribution is 2.35. The molecule has 2 aromatic heterocycles. The molecule has 9 nitrogen and oxygen atoms in total. The first-order valence-corrected chi connectivity index (χ1v) is 7.80. The van der Waals surface area contributed by atoms with Crippen LogP contribution in [0.25, 0.3) is 11.2 Å². The summed E-state index contributed by atoms with van der Waals surface area (Å²) in [6, 6.07) is 0. The first kappa shape index (κ1) is 15.3. The number of rotatable bonds is 2. The summed E-state index contributed by atoms with van der Waals surface area (Å²) in [5.41, 5.74) is 6.54. The minimum Gasteiger partial charge on any atom is -0.394 e. The van der Waals surface area contributed by atoms with E-state index in [0.29, 0.717) is 19.7 Å². The third-order valence-electron chi connectivity index (χ3n) is 3.27. The fraction of sp³-hybridized carbons (Fsp3) is 0.500. The van der Waals surface area contributed by atoms with Gasteiger partial charge in [-0.3, -0.25) is 4.57 Å². The standard InChI is InChI=1S/C10H11BrIN5O4/c11-9-14-3-6(13)15-10(12)16-7(3)17(9)8-5(20)4(19)2(1-18)21-8/h2,4-5,8,18-20H,1H2,(H2,13,15,16). The Morgan fingerprint density at radius 1 is 1.29 bits per heavy atom. The van der Waals surface area contributed by atoms with Gasteiger partial charge in [0.05, 0.1) is 6.61 Å². The molecule has 2 aromatic rings. The van der Waals surface area contributed by atoms with Crippen LogP contribution in [0, 0.1) is 3.83 Å². The molecule has 21 heavy (non-hydrogen) atoms. The summed E-state index contributed by atoms with van der Waals surface area (Å²) in [6.07, 6.45) is -4.26. The predicted molar refractivity (Wildman–Crippen MR) is 83.2 cm³/mol. The molecule has 0 amide bonds. The van der Waals surface area contributed by atoms with E-state index >= 15 is 0 Å². The molecule has 5 N–H and O–H groups in total. The van der Waals surface area contributed by atoms with E-state index in [4.69, 9.17) is 15.6 Å². The third kappa shape index (κ3) is 2.41. The monoisotopic (exact) mass is 471 g/mol. The van der Waals surface area contributed by atoms with E-state index < -0.39 is 31.1 Å². The van der Waals surface area contributed by atoms with Crippen LogP contribution in [-0.4, -0.2) is 59.8 Å². The maximum Gasteiger partial charge on any atom is 0.194 e. The number of imidazole rings is 1. The van der Waals surface area contributed by atoms with E-state index in [0.717, 1.165) is 0 Å². The Kier molecular flexibility index (Phi) is 4.04. The Balaban J connectivity index is 2.15. The highest BCUT2D eigenvalue weighted by atomic mass is 127. The average Bonchev–Trinajstić information content (AvgIpc) is 2.89. The lowest BCUT2D eigenvalue weighted by Crippen LogP contribution is -2.33. The quantitative estimate of drug-likeness (QED) is 0.258. The van der Waals surface area contributed by atoms with Gasteiger partial charge in [0, 0.05) is 22.6 Å². The Morgan fingerprint density at radius 2 is 2.00 bits per heavy atom. The van der Waals surface area contributed by atoms with Crippen LogP contribution in [0.5, 0.6) is 0 Å². The summed E-state index contributed by atoms with van der Waals surface area (Å²) in [6.45, 7) is -0.409. The molecule has 0 saturated carbocycles. The number of halogens is 2. The lowest BCUT2D eigenvalue weighted by molar-refractivity contribution is -0.0521. The van der Waals surface area contributed by atoms with Crippen LogP contribution in [0.15, 0.2) is 4.73 Å². The fourth-order valence-corrected chi connectivity index (χ4v) is 3.30. The van der Waals surface area contributed by atoms with Crippen LogP contribution in [0.2, 0.25) is 0 Å². The van der Waals surface area contributed by atoms with Gasteiger partial charge in [-0.15, -0.1) is 0 Å². The summed E-state index contributed by atoms with van der Waals surface area (Å²) in [5, 5.41) is 29.1. The molecule has 1 fully saturated rings. The highest BCUT2D eigenvalue weighted by Gasteiger charge is 2.44. The van der Waals surface area contributed by atoms with Gasteiger partial charge in [0.15, 0.2) is 31.8 Å². The molecular formula is C10H11BrIN5O4. The molecule has 1 saturated heterocycles. The molecule has 1 aliphatic heterocycles. The van der Waals surface area contributed by atoms with Crippen molar-refractivity contribution in [3.05, 3.63) is 8.56 Å². The summed E-state index contributed by atoms with van der Waals surface area (Å²) in [7, 11) is 0. The number of nitrogens with two attached hydrogens (primary N) is 1. The van der Waals surface area contributed by atoms with Crippen LogP contribution in [0.3, 0.4) is 0 Å². The van der Waals surface area contributed by atoms with Gasteiger partial charge in [-0.25, -0.2) is 15.0 Å². The zero-order valence-electron chi connectivity index (χ0n) is 10.4. The van der Waals surface area contributed by atoms with Gasteiger partial charge in [-0.2, -0.15) is 0 Å². The number of hydrogen-bond acceptors (Lipinski definition) is 8. The van der Waals surface area contributed by atoms with E-state index in [-0.39, 0.29) is 5.82 Å². The number of fused-ring (bicyclic) bond motifs is 1. The van der Waals surface area contributed by atoms with Crippen LogP contribution in [-0.2, 0) is 4.74 Å². The van der Waals surface area contributed by atoms with E-state index in [9.17, 15) is 10.2 Å². The zero-order valence-corrected chi connectivity index (χ0v) is 14.1. The number of ether oxygens (including phenoxy) is 1. The van der Waals surface area contributed by atoms with E-state index in [2.05, 4.69) is 30.9 Å². The Morgan fingerprint density at radius 3 is 2.62 bits per heavy atom. The first-order valence-electron chi connectivity index (χ1n) is 5.93. The average molecular weight is 472 g/mol. The largest absolute Gasteiger partial charge is 0.394 e. The number of aliphatic hydroxyl groups is 3. The number of nitrogens with zero attached hydrogens (tertiary/aromatic N) is 4. The van der Waals surface area contributed by atoms with Gasteiger partial charge >= 0.3 is 0 Å². The fourth-order valence-electron chi connectivity index (χ4n) is 2.26. The van der Waals surface area contributed by atoms with Gasteiger partial charge in [-0.1, -0.05) is 0 Å². The molecular weight excluding hydrogens is 461 g/mol. The summed E-state index contributed by atoms with van der Waals surface area (Å²) < 4.78 is 7.70. The lowest BCUT2D eigenvalue weighted by Gasteiger charge is -2.17. The number of aliphatic hydroxyl groups excluding tert-OH is 3. The minimum atomic E-state index is -1.23. The second kappa shape index (κ2) is 5.55. The van der Waals surface area contributed by atoms with Crippen LogP contribution < -0.4 is 5.73 Å². The van der Waals surface area contributed by atoms with E-state index in [1.165, 1.54) is 4.57 Å². The molecule has 4 atom stereocenters. The molecule has 0 aliphatic carbocycles. The number of hydrogen-bond donors (Lipinski definition) is 4. The molecule has 3 heterocycles. The summed E-state index contributed by atoms with van der Waals surface area (Å²) >= 11 is 5.17. The van der Waals surface area contributed by atoms with Crippen molar-refractivity contribution in [2.24, 2.45) is 0 Å². The zero-order chi connectivity index (χ0) is 15.3. The van der Waals surface area contributed by atoms with Gasteiger partial charge < -0.3 is 25.8 Å². The molecule has 0 bridgehead atoms. The molecule has 0 radical (unpaired) electrons. The molecule has 0 spiro atoms. The van der Waals surface area contributed by atoms with E-state index in [1.54, 1.807) is 0 Å². The number of aromatic nitrogens is 4. The van der Waals surface area contributed by atoms with Crippen molar-refractivity contribution in [3.8, 4) is 0 Å². The highest BCUT2D eigenvalue weighted by molar-refractivity contribution is 14.1. The second-order valence-electron chi connectivity index (χ2n) is 4.53. The van der Waals surface area contributed by atoms with Crippen molar-refractivity contribution in [1.29, 1.82) is 0 Å². The lowest BCUT2D eigenvalue weighted by atomic mass is 10.1. The van der Waals surface area contributed by atoms with Crippen molar-refractivity contribution in [2.45, 2.75) is 24.5 Å². The molecule has 4 unspecified atom stereocenters. The topological polar surface area (TPSA) is 140 Å². The SMILES string of the molecule is Nc1nc(I)nc2c1nc(Br)n2C1OC(CO)C(O)C1O. The van der Waals surface area contributed by atoms with Crippen LogP contribution in [0.4, 0.5) is 5.82 Å². The Hall–Kier alpha value is -0.600. The van der Waals surface area contributed by atoms with Crippen molar-refractivity contribution in [1.82, 2.24) is 19.5 Å². The van der Waals surface area contributed by atoms with Gasteiger partial charge in [-0.05, 0) is 15.9 Å². The van der Waals surface area contributed by atoms with Crippen molar-refractivity contribution < 1.29 is 20.1 Å². The minimum absolute atomic E-state index is 0.204. The van der Waals surface area contributed by atoms with Crippen molar-refractivity contribution in [3.63, 3.8) is 0 Å². The Labute approximate surface area is 140 Å². The van der Waals surface area contributed by atoms with E-state index in [1.807, 2.05) is 22.6 Å². The predicted octanol–water partition coefficient (Wildman–Crippen LogP) is -0.613. The Bertz CT molecular complexity index is 698. The number of nitrogen functional groups attached to an aromatic ring is 1. The summed E-state index contributed by atoms with van der Waals surface area (Å²) in [4.78, 5) is 12.5. The maximum atomic E-state index is 10.1.